The first kappa shape index (κ1) is 18.9. The van der Waals surface area contributed by atoms with Crippen LogP contribution in [0.5, 0.6) is 11.5 Å². The molecule has 2 atom stereocenters. The summed E-state index contributed by atoms with van der Waals surface area (Å²) >= 11 is 1.23. The molecule has 1 fully saturated rings. The quantitative estimate of drug-likeness (QED) is 0.683. The highest BCUT2D eigenvalue weighted by atomic mass is 32.2. The van der Waals surface area contributed by atoms with Crippen LogP contribution >= 0.6 is 11.8 Å². The number of rotatable bonds is 4. The molecule has 154 valence electrons. The Morgan fingerprint density at radius 3 is 2.90 bits per heavy atom. The Balaban J connectivity index is 1.30. The predicted octanol–water partition coefficient (Wildman–Crippen LogP) is 1.54. The van der Waals surface area contributed by atoms with Gasteiger partial charge in [0.1, 0.15) is 6.17 Å². The zero-order valence-electron chi connectivity index (χ0n) is 15.8. The first-order chi connectivity index (χ1) is 14.7. The summed E-state index contributed by atoms with van der Waals surface area (Å²) in [6.45, 7) is 0.690. The molecule has 0 spiro atoms. The van der Waals surface area contributed by atoms with Gasteiger partial charge in [-0.15, -0.1) is 0 Å². The SMILES string of the molecule is O=C(CSC1=NC2NNCC2C(=O)N1c1ccccc1)Nc1ccc2c(c1)OCO2. The lowest BCUT2D eigenvalue weighted by Crippen LogP contribution is -2.49. The number of nitrogens with zero attached hydrogens (tertiary/aromatic N) is 2. The Morgan fingerprint density at radius 2 is 2.03 bits per heavy atom. The van der Waals surface area contributed by atoms with Gasteiger partial charge in [0.05, 0.1) is 17.4 Å². The normalized spacial score (nSPS) is 21.9. The van der Waals surface area contributed by atoms with Crippen LogP contribution in [0.3, 0.4) is 0 Å². The van der Waals surface area contributed by atoms with Crippen molar-refractivity contribution in [3.63, 3.8) is 0 Å². The fraction of sp³-hybridized carbons (Fsp3) is 0.250. The van der Waals surface area contributed by atoms with Crippen LogP contribution in [0.1, 0.15) is 0 Å². The number of para-hydroxylation sites is 1. The molecule has 2 unspecified atom stereocenters. The Bertz CT molecular complexity index is 1020. The summed E-state index contributed by atoms with van der Waals surface area (Å²) in [7, 11) is 0. The highest BCUT2D eigenvalue weighted by Gasteiger charge is 2.42. The van der Waals surface area contributed by atoms with E-state index in [1.807, 2.05) is 30.3 Å². The van der Waals surface area contributed by atoms with E-state index in [2.05, 4.69) is 21.2 Å². The molecule has 3 aliphatic rings. The van der Waals surface area contributed by atoms with E-state index < -0.39 is 0 Å². The second-order valence-electron chi connectivity index (χ2n) is 6.90. The maximum absolute atomic E-state index is 13.1. The maximum atomic E-state index is 13.1. The standard InChI is InChI=1S/C20H19N5O4S/c26-17(22-12-6-7-15-16(8-12)29-11-28-15)10-30-20-23-18-14(9-21-24-18)19(27)25(20)13-4-2-1-3-5-13/h1-8,14,18,21,24H,9-11H2,(H,22,26). The number of hydrazine groups is 1. The van der Waals surface area contributed by atoms with Crippen molar-refractivity contribution < 1.29 is 19.1 Å². The van der Waals surface area contributed by atoms with E-state index in [9.17, 15) is 9.59 Å². The van der Waals surface area contributed by atoms with Gasteiger partial charge in [0.25, 0.3) is 0 Å². The molecule has 3 heterocycles. The van der Waals surface area contributed by atoms with Crippen LogP contribution in [0.25, 0.3) is 0 Å². The van der Waals surface area contributed by atoms with E-state index >= 15 is 0 Å². The van der Waals surface area contributed by atoms with Gasteiger partial charge in [0.2, 0.25) is 18.6 Å². The Morgan fingerprint density at radius 1 is 1.20 bits per heavy atom. The zero-order valence-corrected chi connectivity index (χ0v) is 16.6. The van der Waals surface area contributed by atoms with E-state index in [4.69, 9.17) is 9.47 Å². The number of benzene rings is 2. The highest BCUT2D eigenvalue weighted by Crippen LogP contribution is 2.34. The zero-order chi connectivity index (χ0) is 20.5. The smallest absolute Gasteiger partial charge is 0.241 e. The number of thioether (sulfide) groups is 1. The fourth-order valence-electron chi connectivity index (χ4n) is 3.49. The minimum atomic E-state index is -0.336. The van der Waals surface area contributed by atoms with Gasteiger partial charge in [-0.05, 0) is 24.3 Å². The molecule has 0 bridgehead atoms. The molecular formula is C20H19N5O4S. The van der Waals surface area contributed by atoms with Crippen molar-refractivity contribution in [2.45, 2.75) is 6.17 Å². The molecule has 3 N–H and O–H groups in total. The Labute approximate surface area is 176 Å². The number of hydrogen-bond acceptors (Lipinski definition) is 8. The molecule has 2 aromatic rings. The number of nitrogens with one attached hydrogen (secondary N) is 3. The minimum absolute atomic E-state index is 0.0441. The first-order valence-electron chi connectivity index (χ1n) is 9.46. The number of aliphatic imine (C=N–C) groups is 1. The van der Waals surface area contributed by atoms with Crippen LogP contribution < -0.4 is 30.5 Å². The molecule has 0 saturated carbocycles. The fourth-order valence-corrected chi connectivity index (χ4v) is 4.33. The summed E-state index contributed by atoms with van der Waals surface area (Å²) in [6.07, 6.45) is -0.336. The molecule has 0 aliphatic carbocycles. The number of ether oxygens (including phenoxy) is 2. The number of fused-ring (bicyclic) bond motifs is 2. The van der Waals surface area contributed by atoms with Crippen molar-refractivity contribution in [3.05, 3.63) is 48.5 Å². The van der Waals surface area contributed by atoms with Crippen molar-refractivity contribution in [1.82, 2.24) is 10.9 Å². The van der Waals surface area contributed by atoms with Crippen LogP contribution in [-0.4, -0.2) is 42.2 Å². The third kappa shape index (κ3) is 3.60. The van der Waals surface area contributed by atoms with Gasteiger partial charge in [0, 0.05) is 18.3 Å². The van der Waals surface area contributed by atoms with Crippen molar-refractivity contribution in [2.24, 2.45) is 10.9 Å². The molecule has 2 amide bonds. The van der Waals surface area contributed by atoms with Gasteiger partial charge in [0.15, 0.2) is 16.7 Å². The van der Waals surface area contributed by atoms with Gasteiger partial charge in [-0.25, -0.2) is 10.4 Å². The lowest BCUT2D eigenvalue weighted by Gasteiger charge is -2.32. The molecule has 0 radical (unpaired) electrons. The Kier molecular flexibility index (Phi) is 5.03. The third-order valence-electron chi connectivity index (χ3n) is 4.93. The van der Waals surface area contributed by atoms with Crippen LogP contribution in [0.4, 0.5) is 11.4 Å². The average molecular weight is 425 g/mol. The monoisotopic (exact) mass is 425 g/mol. The van der Waals surface area contributed by atoms with Crippen LogP contribution in [0.2, 0.25) is 0 Å². The number of anilines is 2. The molecular weight excluding hydrogens is 406 g/mol. The van der Waals surface area contributed by atoms with Gasteiger partial charge < -0.3 is 14.8 Å². The summed E-state index contributed by atoms with van der Waals surface area (Å²) in [5.74, 6) is 0.831. The molecule has 3 aliphatic heterocycles. The molecule has 5 rings (SSSR count). The predicted molar refractivity (Wildman–Crippen MR) is 113 cm³/mol. The summed E-state index contributed by atoms with van der Waals surface area (Å²) in [6, 6.07) is 14.6. The van der Waals surface area contributed by atoms with Crippen molar-refractivity contribution in [2.75, 3.05) is 29.3 Å². The van der Waals surface area contributed by atoms with Gasteiger partial charge in [-0.1, -0.05) is 30.0 Å². The average Bonchev–Trinajstić information content (AvgIpc) is 3.42. The second kappa shape index (κ2) is 7.98. The third-order valence-corrected chi connectivity index (χ3v) is 5.89. The largest absolute Gasteiger partial charge is 0.454 e. The molecule has 10 heteroatoms. The van der Waals surface area contributed by atoms with E-state index in [0.29, 0.717) is 28.9 Å². The minimum Gasteiger partial charge on any atom is -0.454 e. The van der Waals surface area contributed by atoms with E-state index in [0.717, 1.165) is 5.69 Å². The molecule has 1 saturated heterocycles. The van der Waals surface area contributed by atoms with Gasteiger partial charge >= 0.3 is 0 Å². The summed E-state index contributed by atoms with van der Waals surface area (Å²) in [5.41, 5.74) is 7.36. The molecule has 9 nitrogen and oxygen atoms in total. The molecule has 30 heavy (non-hydrogen) atoms. The number of amides is 2. The van der Waals surface area contributed by atoms with Crippen LogP contribution in [-0.2, 0) is 9.59 Å². The number of amidine groups is 1. The lowest BCUT2D eigenvalue weighted by atomic mass is 10.1. The van der Waals surface area contributed by atoms with Crippen LogP contribution in [0, 0.1) is 5.92 Å². The summed E-state index contributed by atoms with van der Waals surface area (Å²) in [5, 5.41) is 3.33. The van der Waals surface area contributed by atoms with Gasteiger partial charge in [-0.2, -0.15) is 0 Å². The van der Waals surface area contributed by atoms with E-state index in [1.54, 1.807) is 23.1 Å². The van der Waals surface area contributed by atoms with Crippen molar-refractivity contribution >= 4 is 40.1 Å². The number of carbonyl (C=O) groups excluding carboxylic acids is 2. The number of carbonyl (C=O) groups is 2. The highest BCUT2D eigenvalue weighted by molar-refractivity contribution is 8.14. The number of hydrogen-bond donors (Lipinski definition) is 3. The lowest BCUT2D eigenvalue weighted by molar-refractivity contribution is -0.121. The van der Waals surface area contributed by atoms with Crippen molar-refractivity contribution in [3.8, 4) is 11.5 Å². The molecule has 0 aromatic heterocycles. The first-order valence-corrected chi connectivity index (χ1v) is 10.4. The Hall–Kier alpha value is -3.08. The summed E-state index contributed by atoms with van der Waals surface area (Å²) in [4.78, 5) is 31.9. The van der Waals surface area contributed by atoms with E-state index in [-0.39, 0.29) is 36.4 Å². The van der Waals surface area contributed by atoms with Gasteiger partial charge in [-0.3, -0.25) is 19.9 Å². The topological polar surface area (TPSA) is 104 Å². The van der Waals surface area contributed by atoms with Crippen LogP contribution in [0.15, 0.2) is 53.5 Å². The summed E-state index contributed by atoms with van der Waals surface area (Å²) < 4.78 is 10.6. The second-order valence-corrected chi connectivity index (χ2v) is 7.84. The van der Waals surface area contributed by atoms with Crippen molar-refractivity contribution in [1.29, 1.82) is 0 Å². The maximum Gasteiger partial charge on any atom is 0.241 e. The van der Waals surface area contributed by atoms with E-state index in [1.165, 1.54) is 11.8 Å². The molecule has 2 aromatic carbocycles.